The monoisotopic (exact) mass is 474 g/mol. The smallest absolute Gasteiger partial charge is 0.288 e. The van der Waals surface area contributed by atoms with E-state index in [0.29, 0.717) is 16.9 Å². The molecular weight excluding hydrogens is 463 g/mol. The molecule has 0 aliphatic carbocycles. The summed E-state index contributed by atoms with van der Waals surface area (Å²) in [7, 11) is 0. The maximum atomic E-state index is 12.5. The highest BCUT2D eigenvalue weighted by molar-refractivity contribution is 6.37. The predicted octanol–water partition coefficient (Wildman–Crippen LogP) is 3.03. The van der Waals surface area contributed by atoms with Crippen LogP contribution in [0, 0.1) is 10.1 Å². The fourth-order valence-corrected chi connectivity index (χ4v) is 3.41. The molecule has 0 aliphatic heterocycles. The highest BCUT2D eigenvalue weighted by atomic mass is 35.5. The van der Waals surface area contributed by atoms with Gasteiger partial charge >= 0.3 is 0 Å². The molecule has 0 radical (unpaired) electrons. The number of rotatable bonds is 6. The van der Waals surface area contributed by atoms with E-state index in [-0.39, 0.29) is 39.4 Å². The number of nitro groups is 1. The van der Waals surface area contributed by atoms with Gasteiger partial charge in [-0.05, 0) is 28.5 Å². The van der Waals surface area contributed by atoms with Crippen LogP contribution >= 0.6 is 23.2 Å². The summed E-state index contributed by atoms with van der Waals surface area (Å²) in [5, 5.41) is 22.2. The number of carbonyl (C=O) groups excluding carboxylic acids is 1. The first-order valence-electron chi connectivity index (χ1n) is 8.84. The lowest BCUT2D eigenvalue weighted by Crippen LogP contribution is -2.23. The number of nitrogen functional groups attached to an aromatic ring is 1. The molecule has 0 atom stereocenters. The number of halogens is 2. The largest absolute Gasteiger partial charge is 0.379 e. The molecule has 3 N–H and O–H groups in total. The van der Waals surface area contributed by atoms with E-state index in [1.165, 1.54) is 12.3 Å². The average Bonchev–Trinajstić information content (AvgIpc) is 3.32. The number of para-hydroxylation sites is 2. The molecule has 4 aromatic rings. The van der Waals surface area contributed by atoms with Crippen molar-refractivity contribution < 1.29 is 14.3 Å². The van der Waals surface area contributed by atoms with Gasteiger partial charge in [0.25, 0.3) is 11.6 Å². The Balaban J connectivity index is 1.58. The normalized spacial score (nSPS) is 11.3. The Morgan fingerprint density at radius 3 is 2.78 bits per heavy atom. The van der Waals surface area contributed by atoms with Gasteiger partial charge in [-0.25, -0.2) is 15.0 Å². The van der Waals surface area contributed by atoms with Crippen molar-refractivity contribution in [1.29, 1.82) is 0 Å². The molecule has 0 bridgehead atoms. The zero-order chi connectivity index (χ0) is 22.8. The second-order valence-corrected chi connectivity index (χ2v) is 7.20. The Hall–Kier alpha value is -4.03. The molecule has 4 rings (SSSR count). The van der Waals surface area contributed by atoms with E-state index in [0.717, 1.165) is 6.07 Å². The summed E-state index contributed by atoms with van der Waals surface area (Å²) < 4.78 is 6.22. The molecular formula is C18H12Cl2N8O4. The predicted molar refractivity (Wildman–Crippen MR) is 116 cm³/mol. The number of aromatic nitrogens is 4. The number of nitrogens with one attached hydrogen (secondary N) is 1. The summed E-state index contributed by atoms with van der Waals surface area (Å²) in [5.74, 6) is -0.195. The quantitative estimate of drug-likeness (QED) is 0.244. The van der Waals surface area contributed by atoms with E-state index >= 15 is 0 Å². The Labute approximate surface area is 188 Å². The lowest BCUT2D eigenvalue weighted by atomic mass is 10.2. The van der Waals surface area contributed by atoms with Crippen LogP contribution in [-0.2, 0) is 11.3 Å². The summed E-state index contributed by atoms with van der Waals surface area (Å²) in [6.07, 6.45) is 1.18. The molecule has 32 heavy (non-hydrogen) atoms. The van der Waals surface area contributed by atoms with Crippen molar-refractivity contribution >= 4 is 57.9 Å². The van der Waals surface area contributed by atoms with Gasteiger partial charge in [0, 0.05) is 11.6 Å². The third-order valence-corrected chi connectivity index (χ3v) is 4.97. The second kappa shape index (κ2) is 8.61. The van der Waals surface area contributed by atoms with Crippen LogP contribution in [0.15, 0.2) is 46.1 Å². The van der Waals surface area contributed by atoms with Crippen molar-refractivity contribution in [2.24, 2.45) is 5.10 Å². The maximum absolute atomic E-state index is 12.5. The van der Waals surface area contributed by atoms with Crippen molar-refractivity contribution in [2.75, 3.05) is 5.73 Å². The van der Waals surface area contributed by atoms with Gasteiger partial charge in [0.15, 0.2) is 17.3 Å². The minimum absolute atomic E-state index is 0.0268. The van der Waals surface area contributed by atoms with Gasteiger partial charge in [-0.2, -0.15) is 5.10 Å². The van der Waals surface area contributed by atoms with Crippen molar-refractivity contribution in [3.63, 3.8) is 0 Å². The second-order valence-electron chi connectivity index (χ2n) is 6.38. The van der Waals surface area contributed by atoms with Gasteiger partial charge in [-0.15, -0.1) is 0 Å². The number of benzene rings is 2. The number of hydrogen-bond acceptors (Lipinski definition) is 9. The first kappa shape index (κ1) is 21.2. The highest BCUT2D eigenvalue weighted by Crippen LogP contribution is 2.30. The molecule has 2 aromatic heterocycles. The summed E-state index contributed by atoms with van der Waals surface area (Å²) in [5.41, 5.74) is 9.45. The first-order valence-corrected chi connectivity index (χ1v) is 9.59. The fourth-order valence-electron chi connectivity index (χ4n) is 2.91. The zero-order valence-electron chi connectivity index (χ0n) is 15.9. The Morgan fingerprint density at radius 2 is 2.06 bits per heavy atom. The third-order valence-electron chi connectivity index (χ3n) is 4.34. The number of nitrogens with zero attached hydrogens (tertiary/aromatic N) is 6. The molecule has 0 aliphatic rings. The fraction of sp³-hybridized carbons (Fsp3) is 0.0556. The maximum Gasteiger partial charge on any atom is 0.288 e. The molecule has 0 unspecified atom stereocenters. The standard InChI is InChI=1S/C18H12Cl2N8O4/c19-10-6-11(20)14(28(30)31)5-9(10)7-22-24-15(29)8-27-13-4-2-1-3-12(13)23-18(27)16-17(21)26-32-25-16/h1-7H,8H2,(H2,21,26)(H,24,29)/b22-7-. The molecule has 12 nitrogen and oxygen atoms in total. The third kappa shape index (κ3) is 4.08. The molecule has 0 saturated carbocycles. The number of anilines is 1. The van der Waals surface area contributed by atoms with E-state index < -0.39 is 10.8 Å². The van der Waals surface area contributed by atoms with Crippen molar-refractivity contribution in [3.05, 3.63) is 62.1 Å². The highest BCUT2D eigenvalue weighted by Gasteiger charge is 2.20. The van der Waals surface area contributed by atoms with Crippen molar-refractivity contribution in [3.8, 4) is 11.5 Å². The van der Waals surface area contributed by atoms with Crippen LogP contribution in [0.25, 0.3) is 22.6 Å². The van der Waals surface area contributed by atoms with Crippen LogP contribution in [-0.4, -0.2) is 36.9 Å². The SMILES string of the molecule is Nc1nonc1-c1nc2ccccc2n1CC(=O)N/N=C\c1cc([N+](=O)[O-])c(Cl)cc1Cl. The average molecular weight is 475 g/mol. The van der Waals surface area contributed by atoms with Gasteiger partial charge < -0.3 is 10.3 Å². The molecule has 2 aromatic carbocycles. The molecule has 0 spiro atoms. The molecule has 14 heteroatoms. The number of imidazole rings is 1. The topological polar surface area (TPSA) is 167 Å². The minimum atomic E-state index is -0.648. The zero-order valence-corrected chi connectivity index (χ0v) is 17.4. The van der Waals surface area contributed by atoms with Gasteiger partial charge in [-0.3, -0.25) is 14.9 Å². The van der Waals surface area contributed by atoms with E-state index in [2.05, 4.69) is 30.5 Å². The van der Waals surface area contributed by atoms with E-state index in [1.807, 2.05) is 0 Å². The number of nitro benzene ring substituents is 1. The van der Waals surface area contributed by atoms with Crippen molar-refractivity contribution in [2.45, 2.75) is 6.54 Å². The molecule has 0 fully saturated rings. The Morgan fingerprint density at radius 1 is 1.28 bits per heavy atom. The summed E-state index contributed by atoms with van der Waals surface area (Å²) in [4.78, 5) is 27.4. The van der Waals surface area contributed by atoms with Crippen molar-refractivity contribution in [1.82, 2.24) is 25.3 Å². The number of nitrogens with two attached hydrogens (primary N) is 1. The first-order chi connectivity index (χ1) is 15.3. The van der Waals surface area contributed by atoms with Gasteiger partial charge in [-0.1, -0.05) is 35.3 Å². The van der Waals surface area contributed by atoms with Crippen LogP contribution in [0.2, 0.25) is 10.0 Å². The van der Waals surface area contributed by atoms with Crippen LogP contribution in [0.1, 0.15) is 5.56 Å². The van der Waals surface area contributed by atoms with Crippen LogP contribution < -0.4 is 11.2 Å². The number of carbonyl (C=O) groups is 1. The summed E-state index contributed by atoms with van der Waals surface area (Å²) in [6.45, 7) is -0.187. The van der Waals surface area contributed by atoms with Gasteiger partial charge in [0.05, 0.1) is 27.2 Å². The summed E-state index contributed by atoms with van der Waals surface area (Å²) in [6, 6.07) is 9.52. The lowest BCUT2D eigenvalue weighted by molar-refractivity contribution is -0.384. The van der Waals surface area contributed by atoms with Crippen LogP contribution in [0.5, 0.6) is 0 Å². The van der Waals surface area contributed by atoms with Gasteiger partial charge in [0.1, 0.15) is 11.6 Å². The summed E-state index contributed by atoms with van der Waals surface area (Å²) >= 11 is 11.8. The number of amides is 1. The van der Waals surface area contributed by atoms with Crippen LogP contribution in [0.3, 0.4) is 0 Å². The van der Waals surface area contributed by atoms with E-state index in [4.69, 9.17) is 28.9 Å². The van der Waals surface area contributed by atoms with Gasteiger partial charge in [0.2, 0.25) is 0 Å². The lowest BCUT2D eigenvalue weighted by Gasteiger charge is -2.07. The van der Waals surface area contributed by atoms with Crippen LogP contribution in [0.4, 0.5) is 11.5 Å². The molecule has 1 amide bonds. The Bertz CT molecular complexity index is 1380. The number of fused-ring (bicyclic) bond motifs is 1. The molecule has 0 saturated heterocycles. The number of hydrazone groups is 1. The number of hydrogen-bond donors (Lipinski definition) is 2. The van der Waals surface area contributed by atoms with E-state index in [1.54, 1.807) is 28.8 Å². The minimum Gasteiger partial charge on any atom is -0.379 e. The van der Waals surface area contributed by atoms with E-state index in [9.17, 15) is 14.9 Å². The molecule has 162 valence electrons. The Kier molecular flexibility index (Phi) is 5.71. The molecule has 2 heterocycles.